The monoisotopic (exact) mass is 501 g/mol. The van der Waals surface area contributed by atoms with E-state index >= 15 is 0 Å². The Kier molecular flexibility index (Phi) is 7.08. The van der Waals surface area contributed by atoms with Gasteiger partial charge in [0.25, 0.3) is 0 Å². The molecule has 0 saturated carbocycles. The first-order chi connectivity index (χ1) is 16.9. The minimum atomic E-state index is -4.46. The van der Waals surface area contributed by atoms with Crippen molar-refractivity contribution in [3.63, 3.8) is 0 Å². The van der Waals surface area contributed by atoms with E-state index in [9.17, 15) is 22.8 Å². The van der Waals surface area contributed by atoms with Gasteiger partial charge in [-0.2, -0.15) is 13.2 Å². The number of piperazine rings is 1. The molecule has 8 heteroatoms. The fourth-order valence-corrected chi connectivity index (χ4v) is 5.54. The normalized spacial score (nSPS) is 20.9. The van der Waals surface area contributed by atoms with Gasteiger partial charge in [0.1, 0.15) is 0 Å². The molecule has 2 heterocycles. The van der Waals surface area contributed by atoms with Crippen molar-refractivity contribution < 1.29 is 22.8 Å². The first-order valence-corrected chi connectivity index (χ1v) is 12.5. The van der Waals surface area contributed by atoms with E-state index in [-0.39, 0.29) is 24.0 Å². The second-order valence-corrected chi connectivity index (χ2v) is 10.0. The Balaban J connectivity index is 1.69. The molecule has 2 aromatic rings. The van der Waals surface area contributed by atoms with Gasteiger partial charge in [0.2, 0.25) is 5.91 Å². The molecular weight excluding hydrogens is 467 g/mol. The topological polar surface area (TPSA) is 43.9 Å². The predicted molar refractivity (Wildman–Crippen MR) is 132 cm³/mol. The van der Waals surface area contributed by atoms with Crippen molar-refractivity contribution in [2.45, 2.75) is 71.3 Å². The van der Waals surface area contributed by atoms with Gasteiger partial charge in [-0.05, 0) is 73.6 Å². The first kappa shape index (κ1) is 26.0. The van der Waals surface area contributed by atoms with Crippen molar-refractivity contribution >= 4 is 11.9 Å². The lowest BCUT2D eigenvalue weighted by molar-refractivity contribution is -0.137. The van der Waals surface area contributed by atoms with E-state index in [4.69, 9.17) is 0 Å². The molecule has 3 atom stereocenters. The third-order valence-electron chi connectivity index (χ3n) is 7.98. The Bertz CT molecular complexity index is 1160. The average Bonchev–Trinajstić information content (AvgIpc) is 3.23. The summed E-state index contributed by atoms with van der Waals surface area (Å²) >= 11 is 0. The van der Waals surface area contributed by atoms with Gasteiger partial charge in [0.15, 0.2) is 0 Å². The molecule has 0 bridgehead atoms. The summed E-state index contributed by atoms with van der Waals surface area (Å²) in [7, 11) is 1.64. The predicted octanol–water partition coefficient (Wildman–Crippen LogP) is 6.05. The number of hydrogen-bond acceptors (Lipinski definition) is 2. The van der Waals surface area contributed by atoms with Crippen molar-refractivity contribution in [2.75, 3.05) is 20.1 Å². The molecule has 0 N–H and O–H groups in total. The summed E-state index contributed by atoms with van der Waals surface area (Å²) in [5.41, 5.74) is 3.55. The molecule has 36 heavy (non-hydrogen) atoms. The number of halogens is 3. The van der Waals surface area contributed by atoms with Crippen molar-refractivity contribution in [3.05, 3.63) is 69.8 Å². The highest BCUT2D eigenvalue weighted by atomic mass is 19.4. The van der Waals surface area contributed by atoms with Crippen LogP contribution in [0.5, 0.6) is 0 Å². The third-order valence-corrected chi connectivity index (χ3v) is 7.98. The molecule has 2 fully saturated rings. The van der Waals surface area contributed by atoms with Gasteiger partial charge in [0, 0.05) is 26.6 Å². The molecular formula is C28H34F3N3O2. The van der Waals surface area contributed by atoms with Crippen LogP contribution in [0.1, 0.15) is 72.2 Å². The number of carbonyl (C=O) groups excluding carboxylic acids is 2. The molecule has 2 aromatic carbocycles. The maximum atomic E-state index is 13.9. The Morgan fingerprint density at radius 1 is 1.17 bits per heavy atom. The van der Waals surface area contributed by atoms with Crippen LogP contribution in [0.4, 0.5) is 18.0 Å². The van der Waals surface area contributed by atoms with Crippen LogP contribution in [-0.4, -0.2) is 52.8 Å². The van der Waals surface area contributed by atoms with Crippen molar-refractivity contribution in [1.29, 1.82) is 0 Å². The molecule has 4 rings (SSSR count). The van der Waals surface area contributed by atoms with E-state index in [2.05, 4.69) is 0 Å². The lowest BCUT2D eigenvalue weighted by atomic mass is 9.89. The fourth-order valence-electron chi connectivity index (χ4n) is 5.54. The molecule has 2 aliphatic rings. The van der Waals surface area contributed by atoms with Gasteiger partial charge >= 0.3 is 12.2 Å². The van der Waals surface area contributed by atoms with E-state index in [1.807, 2.05) is 48.8 Å². The largest absolute Gasteiger partial charge is 0.416 e. The summed E-state index contributed by atoms with van der Waals surface area (Å²) in [6.45, 7) is 8.47. The van der Waals surface area contributed by atoms with E-state index in [1.54, 1.807) is 20.0 Å². The molecule has 2 saturated heterocycles. The molecule has 0 aliphatic carbocycles. The maximum absolute atomic E-state index is 13.9. The van der Waals surface area contributed by atoms with Gasteiger partial charge in [-0.3, -0.25) is 4.79 Å². The summed E-state index contributed by atoms with van der Waals surface area (Å²) in [6, 6.07) is 8.85. The molecule has 3 unspecified atom stereocenters. The minimum Gasteiger partial charge on any atom is -0.335 e. The van der Waals surface area contributed by atoms with Crippen LogP contribution in [0.15, 0.2) is 36.4 Å². The Hall–Kier alpha value is -3.03. The highest BCUT2D eigenvalue weighted by Crippen LogP contribution is 2.40. The van der Waals surface area contributed by atoms with Crippen LogP contribution in [0.3, 0.4) is 0 Å². The van der Waals surface area contributed by atoms with Crippen LogP contribution in [0, 0.1) is 13.8 Å². The quantitative estimate of drug-likeness (QED) is 0.512. The number of aryl methyl sites for hydroxylation is 2. The number of hydrogen-bond donors (Lipinski definition) is 0. The van der Waals surface area contributed by atoms with Crippen LogP contribution < -0.4 is 0 Å². The highest BCUT2D eigenvalue weighted by Gasteiger charge is 2.46. The Morgan fingerprint density at radius 3 is 2.56 bits per heavy atom. The van der Waals surface area contributed by atoms with Gasteiger partial charge in [0.05, 0.1) is 23.7 Å². The zero-order valence-corrected chi connectivity index (χ0v) is 21.5. The van der Waals surface area contributed by atoms with Gasteiger partial charge in [-0.15, -0.1) is 0 Å². The number of benzene rings is 2. The number of rotatable bonds is 4. The average molecular weight is 502 g/mol. The van der Waals surface area contributed by atoms with E-state index in [0.717, 1.165) is 22.8 Å². The maximum Gasteiger partial charge on any atom is 0.416 e. The lowest BCUT2D eigenvalue weighted by Gasteiger charge is -2.47. The fraction of sp³-hybridized carbons (Fsp3) is 0.500. The van der Waals surface area contributed by atoms with Crippen LogP contribution >= 0.6 is 0 Å². The van der Waals surface area contributed by atoms with Gasteiger partial charge in [-0.1, -0.05) is 31.2 Å². The van der Waals surface area contributed by atoms with E-state index in [1.165, 1.54) is 11.0 Å². The molecule has 2 aliphatic heterocycles. The second-order valence-electron chi connectivity index (χ2n) is 10.0. The van der Waals surface area contributed by atoms with E-state index in [0.29, 0.717) is 43.5 Å². The van der Waals surface area contributed by atoms with Crippen molar-refractivity contribution in [1.82, 2.24) is 14.7 Å². The van der Waals surface area contributed by atoms with Crippen molar-refractivity contribution in [2.24, 2.45) is 0 Å². The van der Waals surface area contributed by atoms with Crippen LogP contribution in [-0.2, 0) is 17.4 Å². The number of nitrogens with zero attached hydrogens (tertiary/aromatic N) is 3. The van der Waals surface area contributed by atoms with E-state index < -0.39 is 17.8 Å². The summed E-state index contributed by atoms with van der Waals surface area (Å²) in [5, 5.41) is 0. The molecule has 0 spiro atoms. The van der Waals surface area contributed by atoms with Crippen molar-refractivity contribution in [3.8, 4) is 0 Å². The van der Waals surface area contributed by atoms with Crippen LogP contribution in [0.2, 0.25) is 0 Å². The van der Waals surface area contributed by atoms with Crippen LogP contribution in [0.25, 0.3) is 0 Å². The standard InChI is InChI=1S/C28H34F3N3O2/c1-6-20-14-21(16-22(15-20)28(29,30)31)19(4)32(5)27(36)34-13-12-33-24(10-11-25(33)35)26(34)23-9-7-8-17(2)18(23)3/h7-9,14-16,19,24,26H,6,10-13H2,1-5H3. The lowest BCUT2D eigenvalue weighted by Crippen LogP contribution is -2.57. The first-order valence-electron chi connectivity index (χ1n) is 12.5. The molecule has 3 amide bonds. The van der Waals surface area contributed by atoms with Gasteiger partial charge in [-0.25, -0.2) is 4.79 Å². The molecule has 0 radical (unpaired) electrons. The zero-order chi connectivity index (χ0) is 26.4. The molecule has 5 nitrogen and oxygen atoms in total. The number of alkyl halides is 3. The smallest absolute Gasteiger partial charge is 0.335 e. The number of carbonyl (C=O) groups is 2. The summed E-state index contributed by atoms with van der Waals surface area (Å²) in [6.07, 6.45) is -2.85. The van der Waals surface area contributed by atoms with Gasteiger partial charge < -0.3 is 14.7 Å². The summed E-state index contributed by atoms with van der Waals surface area (Å²) < 4.78 is 40.6. The summed E-state index contributed by atoms with van der Waals surface area (Å²) in [4.78, 5) is 31.7. The number of urea groups is 1. The third kappa shape index (κ3) is 4.70. The molecule has 0 aromatic heterocycles. The Morgan fingerprint density at radius 2 is 1.89 bits per heavy atom. The SMILES string of the molecule is CCc1cc(C(C)N(C)C(=O)N2CCN3C(=O)CCC3C2c2cccc(C)c2C)cc(C(F)(F)F)c1. The zero-order valence-electron chi connectivity index (χ0n) is 21.5. The number of amides is 3. The second kappa shape index (κ2) is 9.79. The Labute approximate surface area is 210 Å². The number of fused-ring (bicyclic) bond motifs is 1. The molecule has 194 valence electrons. The minimum absolute atomic E-state index is 0.111. The summed E-state index contributed by atoms with van der Waals surface area (Å²) in [5.74, 6) is 0.111. The highest BCUT2D eigenvalue weighted by molar-refractivity contribution is 5.81.